The van der Waals surface area contributed by atoms with Crippen molar-refractivity contribution in [2.24, 2.45) is 0 Å². The smallest absolute Gasteiger partial charge is 0.317 e. The number of morpholine rings is 1. The molecule has 0 aromatic rings. The van der Waals surface area contributed by atoms with Crippen LogP contribution in [-0.2, 0) is 14.3 Å². The van der Waals surface area contributed by atoms with Gasteiger partial charge in [0.1, 0.15) is 0 Å². The summed E-state index contributed by atoms with van der Waals surface area (Å²) < 4.78 is 10.7. The maximum atomic E-state index is 12.1. The van der Waals surface area contributed by atoms with E-state index in [1.54, 1.807) is 4.90 Å². The van der Waals surface area contributed by atoms with Crippen LogP contribution >= 0.6 is 0 Å². The van der Waals surface area contributed by atoms with Gasteiger partial charge in [-0.1, -0.05) is 13.3 Å². The minimum absolute atomic E-state index is 0.0897. The van der Waals surface area contributed by atoms with Gasteiger partial charge in [-0.15, -0.1) is 0 Å². The van der Waals surface area contributed by atoms with Crippen LogP contribution in [0.2, 0.25) is 0 Å². The number of rotatable bonds is 9. The molecule has 21 heavy (non-hydrogen) atoms. The number of unbranched alkanes of at least 4 members (excludes halogenated alkanes) is 1. The fourth-order valence-electron chi connectivity index (χ4n) is 2.11. The molecular formula is C14H26N2O5. The largest absolute Gasteiger partial charge is 0.481 e. The van der Waals surface area contributed by atoms with Crippen LogP contribution in [0.3, 0.4) is 0 Å². The number of nitrogens with zero attached hydrogens (tertiary/aromatic N) is 1. The Morgan fingerprint density at radius 3 is 2.86 bits per heavy atom. The number of carbonyl (C=O) groups is 2. The zero-order valence-corrected chi connectivity index (χ0v) is 12.7. The van der Waals surface area contributed by atoms with Crippen molar-refractivity contribution >= 4 is 12.0 Å². The number of carbonyl (C=O) groups excluding carboxylic acids is 1. The molecule has 1 saturated heterocycles. The van der Waals surface area contributed by atoms with Crippen LogP contribution in [0, 0.1) is 0 Å². The first kappa shape index (κ1) is 17.7. The second kappa shape index (κ2) is 10.4. The number of aliphatic carboxylic acids is 1. The molecule has 0 aliphatic carbocycles. The van der Waals surface area contributed by atoms with E-state index in [1.165, 1.54) is 0 Å². The highest BCUT2D eigenvalue weighted by Crippen LogP contribution is 2.10. The van der Waals surface area contributed by atoms with E-state index in [2.05, 4.69) is 12.2 Å². The van der Waals surface area contributed by atoms with Crippen LogP contribution in [0.1, 0.15) is 32.6 Å². The van der Waals surface area contributed by atoms with Crippen molar-refractivity contribution < 1.29 is 24.2 Å². The first-order valence-electron chi connectivity index (χ1n) is 7.57. The summed E-state index contributed by atoms with van der Waals surface area (Å²) in [6.07, 6.45) is 2.83. The second-order valence-corrected chi connectivity index (χ2v) is 5.07. The first-order chi connectivity index (χ1) is 10.1. The summed E-state index contributed by atoms with van der Waals surface area (Å²) in [7, 11) is 0. The van der Waals surface area contributed by atoms with Gasteiger partial charge in [-0.25, -0.2) is 4.79 Å². The number of urea groups is 1. The molecule has 0 spiro atoms. The van der Waals surface area contributed by atoms with E-state index in [9.17, 15) is 9.59 Å². The normalized spacial score (nSPS) is 18.5. The fraction of sp³-hybridized carbons (Fsp3) is 0.857. The van der Waals surface area contributed by atoms with Crippen molar-refractivity contribution in [1.82, 2.24) is 10.2 Å². The lowest BCUT2D eigenvalue weighted by molar-refractivity contribution is -0.139. The molecule has 1 aliphatic heterocycles. The number of amides is 2. The highest BCUT2D eigenvalue weighted by molar-refractivity contribution is 5.76. The van der Waals surface area contributed by atoms with Gasteiger partial charge < -0.3 is 24.8 Å². The SMILES string of the molecule is CCCCOCCCNC(=O)N1CCOCC1CC(=O)O. The minimum Gasteiger partial charge on any atom is -0.481 e. The number of hydrogen-bond acceptors (Lipinski definition) is 4. The first-order valence-corrected chi connectivity index (χ1v) is 7.57. The molecular weight excluding hydrogens is 276 g/mol. The fourth-order valence-corrected chi connectivity index (χ4v) is 2.11. The highest BCUT2D eigenvalue weighted by atomic mass is 16.5. The molecule has 0 aromatic carbocycles. The van der Waals surface area contributed by atoms with Gasteiger partial charge in [-0.05, 0) is 12.8 Å². The van der Waals surface area contributed by atoms with E-state index in [0.29, 0.717) is 26.3 Å². The van der Waals surface area contributed by atoms with Crippen LogP contribution in [0.25, 0.3) is 0 Å². The molecule has 7 nitrogen and oxygen atoms in total. The predicted molar refractivity (Wildman–Crippen MR) is 77.3 cm³/mol. The molecule has 1 rings (SSSR count). The molecule has 0 aromatic heterocycles. The van der Waals surface area contributed by atoms with Gasteiger partial charge in [0.2, 0.25) is 0 Å². The molecule has 122 valence electrons. The molecule has 0 bridgehead atoms. The third-order valence-corrected chi connectivity index (χ3v) is 3.28. The second-order valence-electron chi connectivity index (χ2n) is 5.07. The van der Waals surface area contributed by atoms with Crippen molar-refractivity contribution in [2.75, 3.05) is 39.5 Å². The summed E-state index contributed by atoms with van der Waals surface area (Å²) in [4.78, 5) is 24.4. The zero-order chi connectivity index (χ0) is 15.5. The summed E-state index contributed by atoms with van der Waals surface area (Å²) >= 11 is 0. The van der Waals surface area contributed by atoms with Crippen LogP contribution < -0.4 is 5.32 Å². The molecule has 1 atom stereocenters. The number of ether oxygens (including phenoxy) is 2. The lowest BCUT2D eigenvalue weighted by Crippen LogP contribution is -2.53. The Morgan fingerprint density at radius 1 is 1.38 bits per heavy atom. The lowest BCUT2D eigenvalue weighted by Gasteiger charge is -2.34. The number of carboxylic acid groups (broad SMARTS) is 1. The summed E-state index contributed by atoms with van der Waals surface area (Å²) in [5.41, 5.74) is 0. The van der Waals surface area contributed by atoms with Gasteiger partial charge in [-0.3, -0.25) is 4.79 Å². The van der Waals surface area contributed by atoms with Gasteiger partial charge >= 0.3 is 12.0 Å². The summed E-state index contributed by atoms with van der Waals surface area (Å²) in [6.45, 7) is 5.18. The number of hydrogen-bond donors (Lipinski definition) is 2. The molecule has 1 heterocycles. The van der Waals surface area contributed by atoms with E-state index in [0.717, 1.165) is 25.9 Å². The van der Waals surface area contributed by atoms with E-state index >= 15 is 0 Å². The maximum Gasteiger partial charge on any atom is 0.317 e. The summed E-state index contributed by atoms with van der Waals surface area (Å²) in [6, 6.07) is -0.616. The van der Waals surface area contributed by atoms with E-state index in [4.69, 9.17) is 14.6 Å². The summed E-state index contributed by atoms with van der Waals surface area (Å²) in [5.74, 6) is -0.923. The molecule has 0 saturated carbocycles. The maximum absolute atomic E-state index is 12.1. The average Bonchev–Trinajstić information content (AvgIpc) is 2.46. The Morgan fingerprint density at radius 2 is 2.14 bits per heavy atom. The van der Waals surface area contributed by atoms with E-state index < -0.39 is 12.0 Å². The molecule has 2 amide bonds. The van der Waals surface area contributed by atoms with Gasteiger partial charge in [0.05, 0.1) is 25.7 Å². The van der Waals surface area contributed by atoms with Crippen LogP contribution in [0.4, 0.5) is 4.79 Å². The monoisotopic (exact) mass is 302 g/mol. The van der Waals surface area contributed by atoms with Crippen LogP contribution in [0.5, 0.6) is 0 Å². The van der Waals surface area contributed by atoms with Crippen LogP contribution in [-0.4, -0.2) is 67.6 Å². The molecule has 1 aliphatic rings. The van der Waals surface area contributed by atoms with Gasteiger partial charge in [-0.2, -0.15) is 0 Å². The molecule has 0 radical (unpaired) electrons. The van der Waals surface area contributed by atoms with Gasteiger partial charge in [0, 0.05) is 26.3 Å². The van der Waals surface area contributed by atoms with Gasteiger partial charge in [0.25, 0.3) is 0 Å². The minimum atomic E-state index is -0.923. The topological polar surface area (TPSA) is 88.1 Å². The Kier molecular flexibility index (Phi) is 8.77. The zero-order valence-electron chi connectivity index (χ0n) is 12.7. The third kappa shape index (κ3) is 7.29. The van der Waals surface area contributed by atoms with Crippen molar-refractivity contribution in [3.8, 4) is 0 Å². The number of nitrogens with one attached hydrogen (secondary N) is 1. The third-order valence-electron chi connectivity index (χ3n) is 3.28. The van der Waals surface area contributed by atoms with E-state index in [-0.39, 0.29) is 19.1 Å². The lowest BCUT2D eigenvalue weighted by atomic mass is 10.1. The van der Waals surface area contributed by atoms with Gasteiger partial charge in [0.15, 0.2) is 0 Å². The predicted octanol–water partition coefficient (Wildman–Crippen LogP) is 1.08. The Bertz CT molecular complexity index is 324. The Hall–Kier alpha value is -1.34. The molecule has 1 unspecified atom stereocenters. The van der Waals surface area contributed by atoms with Crippen LogP contribution in [0.15, 0.2) is 0 Å². The Balaban J connectivity index is 2.21. The Labute approximate surface area is 125 Å². The van der Waals surface area contributed by atoms with Crippen molar-refractivity contribution in [1.29, 1.82) is 0 Å². The van der Waals surface area contributed by atoms with Crippen molar-refractivity contribution in [2.45, 2.75) is 38.6 Å². The molecule has 1 fully saturated rings. The standard InChI is InChI=1S/C14H26N2O5/c1-2-3-7-20-8-4-5-15-14(19)16-6-9-21-11-12(16)10-13(17)18/h12H,2-11H2,1H3,(H,15,19)(H,17,18). The van der Waals surface area contributed by atoms with Crippen molar-refractivity contribution in [3.63, 3.8) is 0 Å². The highest BCUT2D eigenvalue weighted by Gasteiger charge is 2.28. The van der Waals surface area contributed by atoms with Crippen molar-refractivity contribution in [3.05, 3.63) is 0 Å². The molecule has 2 N–H and O–H groups in total. The van der Waals surface area contributed by atoms with E-state index in [1.807, 2.05) is 0 Å². The molecule has 7 heteroatoms. The average molecular weight is 302 g/mol. The summed E-state index contributed by atoms with van der Waals surface area (Å²) in [5, 5.41) is 11.7. The number of carboxylic acids is 1. The quantitative estimate of drug-likeness (QED) is 0.622.